The average Bonchev–Trinajstić information content (AvgIpc) is 2.21. The van der Waals surface area contributed by atoms with Gasteiger partial charge in [0.25, 0.3) is 0 Å². The van der Waals surface area contributed by atoms with Gasteiger partial charge in [-0.05, 0) is 24.7 Å². The molecule has 0 spiro atoms. The summed E-state index contributed by atoms with van der Waals surface area (Å²) in [5.41, 5.74) is 3.00. The predicted octanol–water partition coefficient (Wildman–Crippen LogP) is 0.247. The van der Waals surface area contributed by atoms with Gasteiger partial charge >= 0.3 is 0 Å². The van der Waals surface area contributed by atoms with E-state index in [0.29, 0.717) is 6.54 Å². The van der Waals surface area contributed by atoms with Crippen LogP contribution in [0.3, 0.4) is 0 Å². The van der Waals surface area contributed by atoms with Gasteiger partial charge in [0.1, 0.15) is 5.82 Å². The van der Waals surface area contributed by atoms with Crippen LogP contribution in [0.4, 0.5) is 4.39 Å². The van der Waals surface area contributed by atoms with Crippen molar-refractivity contribution in [2.45, 2.75) is 6.54 Å². The van der Waals surface area contributed by atoms with Crippen molar-refractivity contribution in [3.63, 3.8) is 0 Å². The van der Waals surface area contributed by atoms with E-state index in [-0.39, 0.29) is 18.3 Å². The predicted molar refractivity (Wildman–Crippen MR) is 55.1 cm³/mol. The second kappa shape index (κ2) is 5.43. The lowest BCUT2D eigenvalue weighted by Gasteiger charge is -2.15. The van der Waals surface area contributed by atoms with Gasteiger partial charge in [-0.2, -0.15) is 0 Å². The molecule has 0 fully saturated rings. The van der Waals surface area contributed by atoms with Gasteiger partial charge in [-0.25, -0.2) is 10.2 Å². The summed E-state index contributed by atoms with van der Waals surface area (Å²) in [4.78, 5) is 12.7. The van der Waals surface area contributed by atoms with E-state index in [0.717, 1.165) is 5.56 Å². The molecule has 0 unspecified atom stereocenters. The number of benzene rings is 1. The summed E-state index contributed by atoms with van der Waals surface area (Å²) in [6, 6.07) is 6.16. The number of carbonyl (C=O) groups excluding carboxylic acids is 1. The first-order valence-corrected chi connectivity index (χ1v) is 4.54. The molecule has 0 saturated carbocycles. The van der Waals surface area contributed by atoms with E-state index in [1.54, 1.807) is 24.1 Å². The number of hydrogen-bond acceptors (Lipinski definition) is 3. The third-order valence-corrected chi connectivity index (χ3v) is 1.94. The highest BCUT2D eigenvalue weighted by molar-refractivity contribution is 5.77. The van der Waals surface area contributed by atoms with Crippen molar-refractivity contribution < 1.29 is 9.18 Å². The monoisotopic (exact) mass is 211 g/mol. The molecule has 0 aliphatic heterocycles. The highest BCUT2D eigenvalue weighted by Gasteiger charge is 2.05. The summed E-state index contributed by atoms with van der Waals surface area (Å²) in [5.74, 6) is 4.44. The van der Waals surface area contributed by atoms with Gasteiger partial charge in [0.05, 0.1) is 6.54 Å². The smallest absolute Gasteiger partial charge is 0.248 e. The van der Waals surface area contributed by atoms with Crippen LogP contribution in [0.2, 0.25) is 0 Å². The Kier molecular flexibility index (Phi) is 4.20. The van der Waals surface area contributed by atoms with Crippen molar-refractivity contribution in [3.05, 3.63) is 35.6 Å². The molecule has 1 aromatic carbocycles. The zero-order valence-corrected chi connectivity index (χ0v) is 8.53. The minimum atomic E-state index is -0.263. The lowest BCUT2D eigenvalue weighted by molar-refractivity contribution is -0.122. The van der Waals surface area contributed by atoms with E-state index in [4.69, 9.17) is 5.84 Å². The van der Waals surface area contributed by atoms with Crippen molar-refractivity contribution in [1.82, 2.24) is 10.3 Å². The molecule has 0 bridgehead atoms. The maximum atomic E-state index is 12.6. The molecule has 1 rings (SSSR count). The minimum Gasteiger partial charge on any atom is -0.293 e. The van der Waals surface area contributed by atoms with Gasteiger partial charge in [0.15, 0.2) is 0 Å². The van der Waals surface area contributed by atoms with Crippen LogP contribution in [0, 0.1) is 5.82 Å². The lowest BCUT2D eigenvalue weighted by Crippen LogP contribution is -2.38. The van der Waals surface area contributed by atoms with Crippen molar-refractivity contribution in [2.24, 2.45) is 5.84 Å². The van der Waals surface area contributed by atoms with E-state index < -0.39 is 0 Å². The third-order valence-electron chi connectivity index (χ3n) is 1.94. The Morgan fingerprint density at radius 1 is 1.47 bits per heavy atom. The molecule has 0 heterocycles. The second-order valence-electron chi connectivity index (χ2n) is 3.37. The zero-order chi connectivity index (χ0) is 11.3. The Hall–Kier alpha value is -1.46. The van der Waals surface area contributed by atoms with E-state index >= 15 is 0 Å². The summed E-state index contributed by atoms with van der Waals surface area (Å²) >= 11 is 0. The minimum absolute atomic E-state index is 0.216. The first-order chi connectivity index (χ1) is 7.11. The molecule has 0 radical (unpaired) electrons. The van der Waals surface area contributed by atoms with E-state index in [9.17, 15) is 9.18 Å². The van der Waals surface area contributed by atoms with Gasteiger partial charge in [-0.1, -0.05) is 12.1 Å². The van der Waals surface area contributed by atoms with Crippen LogP contribution in [0.1, 0.15) is 5.56 Å². The SMILES string of the molecule is CN(CC(=O)NN)Cc1ccc(F)cc1. The topological polar surface area (TPSA) is 58.4 Å². The Labute approximate surface area is 87.8 Å². The molecular weight excluding hydrogens is 197 g/mol. The van der Waals surface area contributed by atoms with Crippen LogP contribution in [-0.4, -0.2) is 24.4 Å². The van der Waals surface area contributed by atoms with E-state index in [2.05, 4.69) is 5.43 Å². The number of likely N-dealkylation sites (N-methyl/N-ethyl adjacent to an activating group) is 1. The molecule has 1 aromatic rings. The van der Waals surface area contributed by atoms with E-state index in [1.807, 2.05) is 0 Å². The summed E-state index contributed by atoms with van der Waals surface area (Å²) in [5, 5.41) is 0. The normalized spacial score (nSPS) is 10.4. The molecule has 5 heteroatoms. The average molecular weight is 211 g/mol. The molecule has 1 amide bonds. The van der Waals surface area contributed by atoms with Crippen LogP contribution >= 0.6 is 0 Å². The molecule has 4 nitrogen and oxygen atoms in total. The van der Waals surface area contributed by atoms with Crippen LogP contribution < -0.4 is 11.3 Å². The molecule has 0 aliphatic carbocycles. The number of rotatable bonds is 4. The summed E-state index contributed by atoms with van der Waals surface area (Å²) < 4.78 is 12.6. The molecule has 82 valence electrons. The van der Waals surface area contributed by atoms with Crippen LogP contribution in [0.25, 0.3) is 0 Å². The lowest BCUT2D eigenvalue weighted by atomic mass is 10.2. The number of nitrogens with two attached hydrogens (primary N) is 1. The number of nitrogens with one attached hydrogen (secondary N) is 1. The maximum Gasteiger partial charge on any atom is 0.248 e. The second-order valence-corrected chi connectivity index (χ2v) is 3.37. The quantitative estimate of drug-likeness (QED) is 0.426. The zero-order valence-electron chi connectivity index (χ0n) is 8.53. The van der Waals surface area contributed by atoms with Crippen molar-refractivity contribution >= 4 is 5.91 Å². The molecule has 0 aromatic heterocycles. The fourth-order valence-electron chi connectivity index (χ4n) is 1.25. The number of halogens is 1. The fourth-order valence-corrected chi connectivity index (χ4v) is 1.25. The van der Waals surface area contributed by atoms with Crippen molar-refractivity contribution in [1.29, 1.82) is 0 Å². The molecule has 0 atom stereocenters. The maximum absolute atomic E-state index is 12.6. The van der Waals surface area contributed by atoms with Gasteiger partial charge in [-0.3, -0.25) is 15.1 Å². The van der Waals surface area contributed by atoms with Crippen LogP contribution in [0.5, 0.6) is 0 Å². The summed E-state index contributed by atoms with van der Waals surface area (Å²) in [7, 11) is 1.79. The fraction of sp³-hybridized carbons (Fsp3) is 0.300. The first kappa shape index (κ1) is 11.6. The summed E-state index contributed by atoms with van der Waals surface area (Å²) in [6.07, 6.45) is 0. The van der Waals surface area contributed by atoms with Crippen LogP contribution in [0.15, 0.2) is 24.3 Å². The van der Waals surface area contributed by atoms with Gasteiger partial charge < -0.3 is 0 Å². The molecule has 15 heavy (non-hydrogen) atoms. The Morgan fingerprint density at radius 2 is 2.07 bits per heavy atom. The Bertz CT molecular complexity index is 326. The van der Waals surface area contributed by atoms with Gasteiger partial charge in [0.2, 0.25) is 5.91 Å². The molecule has 0 saturated heterocycles. The highest BCUT2D eigenvalue weighted by atomic mass is 19.1. The number of amides is 1. The first-order valence-electron chi connectivity index (χ1n) is 4.54. The number of hydrogen-bond donors (Lipinski definition) is 2. The van der Waals surface area contributed by atoms with E-state index in [1.165, 1.54) is 12.1 Å². The van der Waals surface area contributed by atoms with Gasteiger partial charge in [0, 0.05) is 6.54 Å². The molecule has 3 N–H and O–H groups in total. The van der Waals surface area contributed by atoms with Crippen molar-refractivity contribution in [3.8, 4) is 0 Å². The largest absolute Gasteiger partial charge is 0.293 e. The summed E-state index contributed by atoms with van der Waals surface area (Å²) in [6.45, 7) is 0.793. The number of nitrogens with zero attached hydrogens (tertiary/aromatic N) is 1. The van der Waals surface area contributed by atoms with Crippen molar-refractivity contribution in [2.75, 3.05) is 13.6 Å². The number of carbonyl (C=O) groups is 1. The standard InChI is InChI=1S/C10H14FN3O/c1-14(7-10(15)13-12)6-8-2-4-9(11)5-3-8/h2-5H,6-7,12H2,1H3,(H,13,15). The Balaban J connectivity index is 2.47. The highest BCUT2D eigenvalue weighted by Crippen LogP contribution is 2.04. The molecule has 0 aliphatic rings. The van der Waals surface area contributed by atoms with Crippen LogP contribution in [-0.2, 0) is 11.3 Å². The molecular formula is C10H14FN3O. The Morgan fingerprint density at radius 3 is 2.60 bits per heavy atom. The van der Waals surface area contributed by atoms with Gasteiger partial charge in [-0.15, -0.1) is 0 Å². The number of hydrazine groups is 1. The third kappa shape index (κ3) is 4.05.